The highest BCUT2D eigenvalue weighted by molar-refractivity contribution is 7.90. The quantitative estimate of drug-likeness (QED) is 0.367. The van der Waals surface area contributed by atoms with Crippen molar-refractivity contribution in [2.24, 2.45) is 5.92 Å². The van der Waals surface area contributed by atoms with Crippen molar-refractivity contribution in [2.45, 2.75) is 23.4 Å². The Morgan fingerprint density at radius 2 is 1.32 bits per heavy atom. The summed E-state index contributed by atoms with van der Waals surface area (Å²) in [4.78, 5) is 35.2. The molecule has 12 nitrogen and oxygen atoms in total. The number of sulfone groups is 2. The molecule has 0 aromatic carbocycles. The summed E-state index contributed by atoms with van der Waals surface area (Å²) >= 11 is 0. The molecule has 0 aliphatic rings. The third-order valence-corrected chi connectivity index (χ3v) is 6.29. The van der Waals surface area contributed by atoms with E-state index < -0.39 is 31.6 Å². The van der Waals surface area contributed by atoms with Gasteiger partial charge in [0.25, 0.3) is 0 Å². The van der Waals surface area contributed by atoms with E-state index in [1.165, 1.54) is 25.1 Å². The number of aromatic nitrogens is 6. The summed E-state index contributed by atoms with van der Waals surface area (Å²) in [5, 5.41) is 8.58. The van der Waals surface area contributed by atoms with Gasteiger partial charge in [-0.3, -0.25) is 4.79 Å². The molecule has 34 heavy (non-hydrogen) atoms. The Bertz CT molecular complexity index is 1450. The molecule has 176 valence electrons. The fraction of sp³-hybridized carbons (Fsp3) is 0.250. The van der Waals surface area contributed by atoms with Crippen LogP contribution in [0.3, 0.4) is 0 Å². The highest BCUT2D eigenvalue weighted by atomic mass is 32.2. The minimum Gasteiger partial charge on any atom is -0.481 e. The van der Waals surface area contributed by atoms with Crippen molar-refractivity contribution < 1.29 is 26.7 Å². The molecule has 3 aromatic heterocycles. The number of carboxylic acids is 1. The van der Waals surface area contributed by atoms with Crippen LogP contribution in [0.15, 0.2) is 40.9 Å². The third kappa shape index (κ3) is 6.15. The molecule has 3 rings (SSSR count). The molecule has 0 spiro atoms. The van der Waals surface area contributed by atoms with Gasteiger partial charge in [0.2, 0.25) is 5.82 Å². The van der Waals surface area contributed by atoms with Crippen molar-refractivity contribution in [1.82, 2.24) is 29.9 Å². The number of carbonyl (C=O) groups is 1. The standard InChI is InChI=1S/C20H18N6O6S2/c1-12(20(27)28)5-4-6-17-25-15(13-8-18(23-10-21-13)33(2,29)30)7-16(26-17)14-9-19(24-11-22-14)34(3,31)32/h7-12H,5H2,1-3H3,(H,27,28). The average molecular weight is 503 g/mol. The van der Waals surface area contributed by atoms with Crippen molar-refractivity contribution in [3.8, 4) is 34.6 Å². The first-order chi connectivity index (χ1) is 15.8. The van der Waals surface area contributed by atoms with Gasteiger partial charge in [-0.25, -0.2) is 46.7 Å². The Kier molecular flexibility index (Phi) is 6.99. The van der Waals surface area contributed by atoms with Crippen LogP contribution in [0.1, 0.15) is 19.2 Å². The minimum absolute atomic E-state index is 0.0240. The van der Waals surface area contributed by atoms with Crippen LogP contribution in [0.5, 0.6) is 0 Å². The second-order valence-electron chi connectivity index (χ2n) is 7.23. The van der Waals surface area contributed by atoms with Gasteiger partial charge in [0.1, 0.15) is 12.7 Å². The Balaban J connectivity index is 2.17. The zero-order chi connectivity index (χ0) is 25.1. The summed E-state index contributed by atoms with van der Waals surface area (Å²) in [6.07, 6.45) is 4.17. The van der Waals surface area contributed by atoms with Crippen molar-refractivity contribution in [1.29, 1.82) is 0 Å². The molecule has 0 bridgehead atoms. The van der Waals surface area contributed by atoms with Crippen LogP contribution in [0.25, 0.3) is 22.8 Å². The fourth-order valence-electron chi connectivity index (χ4n) is 2.50. The number of hydrogen-bond acceptors (Lipinski definition) is 11. The Hall–Kier alpha value is -3.83. The fourth-order valence-corrected chi connectivity index (χ4v) is 3.63. The molecular weight excluding hydrogens is 484 g/mol. The summed E-state index contributed by atoms with van der Waals surface area (Å²) in [5.74, 6) is 3.64. The minimum atomic E-state index is -3.62. The van der Waals surface area contributed by atoms with Crippen LogP contribution < -0.4 is 0 Å². The van der Waals surface area contributed by atoms with E-state index in [-0.39, 0.29) is 45.1 Å². The lowest BCUT2D eigenvalue weighted by Crippen LogP contribution is -2.08. The second-order valence-corrected chi connectivity index (χ2v) is 11.2. The molecule has 0 saturated heterocycles. The van der Waals surface area contributed by atoms with Gasteiger partial charge in [0, 0.05) is 31.1 Å². The van der Waals surface area contributed by atoms with E-state index in [0.29, 0.717) is 0 Å². The molecule has 0 aliphatic heterocycles. The summed E-state index contributed by atoms with van der Waals surface area (Å²) in [7, 11) is -7.25. The maximum atomic E-state index is 11.9. The molecule has 1 unspecified atom stereocenters. The highest BCUT2D eigenvalue weighted by Gasteiger charge is 2.16. The lowest BCUT2D eigenvalue weighted by Gasteiger charge is -2.07. The maximum Gasteiger partial charge on any atom is 0.307 e. The van der Waals surface area contributed by atoms with Gasteiger partial charge in [0.15, 0.2) is 29.7 Å². The van der Waals surface area contributed by atoms with Crippen molar-refractivity contribution in [3.63, 3.8) is 0 Å². The molecular formula is C20H18N6O6S2. The van der Waals surface area contributed by atoms with E-state index in [1.54, 1.807) is 0 Å². The van der Waals surface area contributed by atoms with E-state index in [9.17, 15) is 21.6 Å². The molecule has 1 atom stereocenters. The first-order valence-corrected chi connectivity index (χ1v) is 13.3. The number of carboxylic acid groups (broad SMARTS) is 1. The first-order valence-electron chi connectivity index (χ1n) is 9.50. The van der Waals surface area contributed by atoms with Crippen molar-refractivity contribution >= 4 is 25.6 Å². The van der Waals surface area contributed by atoms with Crippen LogP contribution in [-0.4, -0.2) is 70.3 Å². The van der Waals surface area contributed by atoms with Gasteiger partial charge in [0.05, 0.1) is 28.7 Å². The number of rotatable bonds is 6. The lowest BCUT2D eigenvalue weighted by molar-refractivity contribution is -0.140. The SMILES string of the molecule is CC(CC#Cc1nc(-c2cc(S(C)(=O)=O)ncn2)cc(-c2cc(S(C)(=O)=O)ncn2)n1)C(=O)O. The van der Waals surface area contributed by atoms with Crippen LogP contribution >= 0.6 is 0 Å². The van der Waals surface area contributed by atoms with Gasteiger partial charge < -0.3 is 5.11 Å². The Morgan fingerprint density at radius 1 is 0.853 bits per heavy atom. The van der Waals surface area contributed by atoms with Crippen molar-refractivity contribution in [2.75, 3.05) is 12.5 Å². The smallest absolute Gasteiger partial charge is 0.307 e. The number of hydrogen-bond donors (Lipinski definition) is 1. The molecule has 3 heterocycles. The summed E-state index contributed by atoms with van der Waals surface area (Å²) < 4.78 is 47.6. The lowest BCUT2D eigenvalue weighted by atomic mass is 10.1. The predicted octanol–water partition coefficient (Wildman–Crippen LogP) is 0.660. The molecule has 3 aromatic rings. The van der Waals surface area contributed by atoms with Gasteiger partial charge in [-0.2, -0.15) is 0 Å². The van der Waals surface area contributed by atoms with E-state index >= 15 is 0 Å². The average Bonchev–Trinajstić information content (AvgIpc) is 2.78. The van der Waals surface area contributed by atoms with E-state index in [4.69, 9.17) is 5.11 Å². The van der Waals surface area contributed by atoms with Crippen LogP contribution in [0.2, 0.25) is 0 Å². The number of nitrogens with zero attached hydrogens (tertiary/aromatic N) is 6. The monoisotopic (exact) mass is 502 g/mol. The molecule has 1 N–H and O–H groups in total. The molecule has 0 fully saturated rings. The Morgan fingerprint density at radius 3 is 1.74 bits per heavy atom. The van der Waals surface area contributed by atoms with E-state index in [2.05, 4.69) is 41.7 Å². The largest absolute Gasteiger partial charge is 0.481 e. The van der Waals surface area contributed by atoms with Gasteiger partial charge in [-0.05, 0) is 12.0 Å². The third-order valence-electron chi connectivity index (χ3n) is 4.32. The second kappa shape index (κ2) is 9.57. The van der Waals surface area contributed by atoms with Gasteiger partial charge >= 0.3 is 5.97 Å². The topological polar surface area (TPSA) is 183 Å². The molecule has 0 radical (unpaired) electrons. The van der Waals surface area contributed by atoms with Crippen LogP contribution in [0.4, 0.5) is 0 Å². The number of aliphatic carboxylic acids is 1. The molecule has 0 aliphatic carbocycles. The maximum absolute atomic E-state index is 11.9. The molecule has 0 amide bonds. The van der Waals surface area contributed by atoms with Crippen LogP contribution in [0, 0.1) is 17.8 Å². The van der Waals surface area contributed by atoms with E-state index in [0.717, 1.165) is 25.2 Å². The molecule has 0 saturated carbocycles. The van der Waals surface area contributed by atoms with Crippen molar-refractivity contribution in [3.05, 3.63) is 36.7 Å². The predicted molar refractivity (Wildman–Crippen MR) is 119 cm³/mol. The zero-order valence-electron chi connectivity index (χ0n) is 18.2. The normalized spacial score (nSPS) is 12.4. The van der Waals surface area contributed by atoms with Gasteiger partial charge in [-0.1, -0.05) is 12.8 Å². The first kappa shape index (κ1) is 24.8. The summed E-state index contributed by atoms with van der Waals surface area (Å²) in [6, 6.07) is 3.90. The molecule has 14 heteroatoms. The Labute approximate surface area is 195 Å². The highest BCUT2D eigenvalue weighted by Crippen LogP contribution is 2.23. The zero-order valence-corrected chi connectivity index (χ0v) is 19.8. The summed E-state index contributed by atoms with van der Waals surface area (Å²) in [5.41, 5.74) is 0.650. The van der Waals surface area contributed by atoms with E-state index in [1.807, 2.05) is 0 Å². The summed E-state index contributed by atoms with van der Waals surface area (Å²) in [6.45, 7) is 1.50. The van der Waals surface area contributed by atoms with Crippen LogP contribution in [-0.2, 0) is 24.5 Å². The van der Waals surface area contributed by atoms with Gasteiger partial charge in [-0.15, -0.1) is 0 Å².